The number of aromatic nitrogens is 3. The van der Waals surface area contributed by atoms with Gasteiger partial charge in [-0.3, -0.25) is 9.78 Å². The van der Waals surface area contributed by atoms with Crippen LogP contribution in [0.25, 0.3) is 0 Å². The van der Waals surface area contributed by atoms with Crippen molar-refractivity contribution < 1.29 is 14.3 Å². The van der Waals surface area contributed by atoms with Gasteiger partial charge in [-0.1, -0.05) is 0 Å². The third-order valence-corrected chi connectivity index (χ3v) is 5.17. The lowest BCUT2D eigenvalue weighted by atomic mass is 10.00. The largest absolute Gasteiger partial charge is 0.490 e. The zero-order valence-electron chi connectivity index (χ0n) is 15.1. The number of H-pyrrole nitrogens is 2. The first kappa shape index (κ1) is 17.8. The van der Waals surface area contributed by atoms with Crippen molar-refractivity contribution in [1.29, 1.82) is 0 Å². The highest BCUT2D eigenvalue weighted by atomic mass is 16.5. The number of likely N-dealkylation sites (tertiary alicyclic amines) is 1. The summed E-state index contributed by atoms with van der Waals surface area (Å²) in [6.07, 6.45) is 4.68. The molecule has 0 spiro atoms. The zero-order valence-corrected chi connectivity index (χ0v) is 15.1. The Balaban J connectivity index is 1.46. The van der Waals surface area contributed by atoms with Crippen molar-refractivity contribution in [1.82, 2.24) is 20.1 Å². The number of nitrogens with zero attached hydrogens (tertiary/aromatic N) is 2. The summed E-state index contributed by atoms with van der Waals surface area (Å²) >= 11 is 0. The minimum absolute atomic E-state index is 0.0545. The molecule has 0 bridgehead atoms. The summed E-state index contributed by atoms with van der Waals surface area (Å²) in [6.45, 7) is 2.11. The van der Waals surface area contributed by atoms with Crippen molar-refractivity contribution in [3.8, 4) is 5.75 Å². The van der Waals surface area contributed by atoms with Crippen LogP contribution in [0.5, 0.6) is 5.75 Å². The summed E-state index contributed by atoms with van der Waals surface area (Å²) in [5, 5.41) is 6.41. The fourth-order valence-electron chi connectivity index (χ4n) is 3.73. The number of hydrogen-bond donors (Lipinski definition) is 2. The molecular formula is C19H24N4O4. The van der Waals surface area contributed by atoms with E-state index in [1.54, 1.807) is 17.0 Å². The molecule has 1 aromatic carbocycles. The first-order valence-corrected chi connectivity index (χ1v) is 9.51. The number of hydrogen-bond acceptors (Lipinski definition) is 5. The molecule has 2 aromatic rings. The first-order chi connectivity index (χ1) is 13.2. The monoisotopic (exact) mass is 372 g/mol. The van der Waals surface area contributed by atoms with Gasteiger partial charge in [-0.25, -0.2) is 9.89 Å². The maximum atomic E-state index is 13.0. The maximum absolute atomic E-state index is 13.0. The molecule has 2 fully saturated rings. The van der Waals surface area contributed by atoms with E-state index >= 15 is 0 Å². The number of amides is 1. The van der Waals surface area contributed by atoms with Gasteiger partial charge in [-0.05, 0) is 43.5 Å². The number of ether oxygens (including phenoxy) is 2. The lowest BCUT2D eigenvalue weighted by Crippen LogP contribution is -2.39. The Kier molecular flexibility index (Phi) is 5.24. The molecule has 27 heavy (non-hydrogen) atoms. The third-order valence-electron chi connectivity index (χ3n) is 5.17. The third kappa shape index (κ3) is 4.05. The molecule has 2 aliphatic rings. The highest BCUT2D eigenvalue weighted by Gasteiger charge is 2.31. The standard InChI is InChI=1S/C19H24N4O4/c24-18(23-10-2-1-3-16(23)17-20-19(25)22-21-17)13-4-6-14(7-5-13)27-15-8-11-26-12-9-15/h4-7,15-16H,1-3,8-12H2,(H2,20,21,22,25)/t16-/m0/s1. The fraction of sp³-hybridized carbons (Fsp3) is 0.526. The van der Waals surface area contributed by atoms with Crippen LogP contribution in [0.2, 0.25) is 0 Å². The number of piperidine rings is 1. The van der Waals surface area contributed by atoms with Crippen LogP contribution in [-0.4, -0.2) is 51.9 Å². The average molecular weight is 372 g/mol. The SMILES string of the molecule is O=C(c1ccc(OC2CCOCC2)cc1)N1CCCC[C@H]1c1n[nH]c(=O)[nH]1. The van der Waals surface area contributed by atoms with Crippen molar-refractivity contribution in [3.05, 3.63) is 46.1 Å². The van der Waals surface area contributed by atoms with Crippen LogP contribution in [0.4, 0.5) is 0 Å². The molecule has 8 nitrogen and oxygen atoms in total. The molecule has 0 radical (unpaired) electrons. The number of carbonyl (C=O) groups is 1. The van der Waals surface area contributed by atoms with Crippen LogP contribution in [0, 0.1) is 0 Å². The van der Waals surface area contributed by atoms with E-state index in [9.17, 15) is 9.59 Å². The predicted molar refractivity (Wildman–Crippen MR) is 97.7 cm³/mol. The van der Waals surface area contributed by atoms with Crippen LogP contribution in [0.1, 0.15) is 54.3 Å². The van der Waals surface area contributed by atoms with Crippen molar-refractivity contribution in [2.24, 2.45) is 0 Å². The van der Waals surface area contributed by atoms with E-state index in [1.165, 1.54) is 0 Å². The summed E-state index contributed by atoms with van der Waals surface area (Å²) in [7, 11) is 0. The highest BCUT2D eigenvalue weighted by molar-refractivity contribution is 5.94. The Morgan fingerprint density at radius 3 is 2.63 bits per heavy atom. The number of benzene rings is 1. The molecule has 4 rings (SSSR count). The first-order valence-electron chi connectivity index (χ1n) is 9.51. The molecule has 2 N–H and O–H groups in total. The zero-order chi connectivity index (χ0) is 18.6. The Morgan fingerprint density at radius 2 is 1.93 bits per heavy atom. The molecule has 0 saturated carbocycles. The van der Waals surface area contributed by atoms with Crippen LogP contribution >= 0.6 is 0 Å². The summed E-state index contributed by atoms with van der Waals surface area (Å²) in [4.78, 5) is 28.9. The van der Waals surface area contributed by atoms with E-state index in [0.717, 1.165) is 51.1 Å². The molecule has 0 aliphatic carbocycles. The molecular weight excluding hydrogens is 348 g/mol. The lowest BCUT2D eigenvalue weighted by molar-refractivity contribution is 0.0255. The van der Waals surface area contributed by atoms with Crippen molar-refractivity contribution in [2.45, 2.75) is 44.2 Å². The summed E-state index contributed by atoms with van der Waals surface area (Å²) in [5.41, 5.74) is 0.261. The fourth-order valence-corrected chi connectivity index (χ4v) is 3.73. The summed E-state index contributed by atoms with van der Waals surface area (Å²) in [6, 6.07) is 7.09. The minimum Gasteiger partial charge on any atom is -0.490 e. The van der Waals surface area contributed by atoms with E-state index in [0.29, 0.717) is 17.9 Å². The number of rotatable bonds is 4. The maximum Gasteiger partial charge on any atom is 0.340 e. The molecule has 1 amide bonds. The molecule has 8 heteroatoms. The average Bonchev–Trinajstić information content (AvgIpc) is 3.15. The molecule has 2 aliphatic heterocycles. The molecule has 3 heterocycles. The smallest absolute Gasteiger partial charge is 0.340 e. The Morgan fingerprint density at radius 1 is 1.15 bits per heavy atom. The van der Waals surface area contributed by atoms with Gasteiger partial charge in [0.25, 0.3) is 5.91 Å². The number of nitrogens with one attached hydrogen (secondary N) is 2. The molecule has 2 saturated heterocycles. The van der Waals surface area contributed by atoms with E-state index in [4.69, 9.17) is 9.47 Å². The van der Waals surface area contributed by atoms with E-state index < -0.39 is 0 Å². The van der Waals surface area contributed by atoms with Gasteiger partial charge in [0.15, 0.2) is 5.82 Å². The van der Waals surface area contributed by atoms with Crippen LogP contribution in [0.3, 0.4) is 0 Å². The number of carbonyl (C=O) groups excluding carboxylic acids is 1. The highest BCUT2D eigenvalue weighted by Crippen LogP contribution is 2.30. The Hall–Kier alpha value is -2.61. The minimum atomic E-state index is -0.349. The van der Waals surface area contributed by atoms with Gasteiger partial charge in [0.1, 0.15) is 11.9 Å². The van der Waals surface area contributed by atoms with E-state index in [1.807, 2.05) is 12.1 Å². The Bertz CT molecular complexity index is 823. The topological polar surface area (TPSA) is 100 Å². The normalized spacial score (nSPS) is 21.2. The second-order valence-corrected chi connectivity index (χ2v) is 7.03. The van der Waals surface area contributed by atoms with E-state index in [-0.39, 0.29) is 23.7 Å². The lowest BCUT2D eigenvalue weighted by Gasteiger charge is -2.34. The van der Waals surface area contributed by atoms with Gasteiger partial charge in [-0.15, -0.1) is 0 Å². The summed E-state index contributed by atoms with van der Waals surface area (Å²) < 4.78 is 11.3. The molecule has 144 valence electrons. The van der Waals surface area contributed by atoms with Gasteiger partial charge in [0, 0.05) is 24.9 Å². The van der Waals surface area contributed by atoms with Gasteiger partial charge >= 0.3 is 5.69 Å². The predicted octanol–water partition coefficient (Wildman–Crippen LogP) is 2.02. The van der Waals surface area contributed by atoms with Gasteiger partial charge in [-0.2, -0.15) is 5.10 Å². The second kappa shape index (κ2) is 7.96. The molecule has 1 atom stereocenters. The molecule has 0 unspecified atom stereocenters. The quantitative estimate of drug-likeness (QED) is 0.855. The Labute approximate surface area is 156 Å². The number of aromatic amines is 2. The van der Waals surface area contributed by atoms with Gasteiger partial charge in [0.2, 0.25) is 0 Å². The van der Waals surface area contributed by atoms with Crippen molar-refractivity contribution in [3.63, 3.8) is 0 Å². The van der Waals surface area contributed by atoms with E-state index in [2.05, 4.69) is 15.2 Å². The van der Waals surface area contributed by atoms with Crippen molar-refractivity contribution >= 4 is 5.91 Å². The molecule has 1 aromatic heterocycles. The van der Waals surface area contributed by atoms with Crippen molar-refractivity contribution in [2.75, 3.05) is 19.8 Å². The van der Waals surface area contributed by atoms with Gasteiger partial charge < -0.3 is 14.4 Å². The van der Waals surface area contributed by atoms with Crippen LogP contribution in [0.15, 0.2) is 29.1 Å². The second-order valence-electron chi connectivity index (χ2n) is 7.03. The van der Waals surface area contributed by atoms with Crippen LogP contribution < -0.4 is 10.4 Å². The van der Waals surface area contributed by atoms with Gasteiger partial charge in [0.05, 0.1) is 19.3 Å². The summed E-state index contributed by atoms with van der Waals surface area (Å²) in [5.74, 6) is 1.24. The van der Waals surface area contributed by atoms with Crippen LogP contribution in [-0.2, 0) is 4.74 Å².